The van der Waals surface area contributed by atoms with E-state index in [4.69, 9.17) is 14.2 Å². The molecule has 262 valence electrons. The molecular formula is C39H64O7. The molecule has 0 aromatic heterocycles. The van der Waals surface area contributed by atoms with E-state index in [0.29, 0.717) is 59.7 Å². The second-order valence-corrected chi connectivity index (χ2v) is 18.5. The molecule has 0 radical (unpaired) electrons. The molecule has 46 heavy (non-hydrogen) atoms. The molecule has 0 aromatic rings. The van der Waals surface area contributed by atoms with Crippen LogP contribution in [0.5, 0.6) is 0 Å². The number of aliphatic hydroxyl groups is 2. The van der Waals surface area contributed by atoms with Gasteiger partial charge in [-0.2, -0.15) is 0 Å². The minimum atomic E-state index is -1.17. The van der Waals surface area contributed by atoms with Crippen molar-refractivity contribution in [3.63, 3.8) is 0 Å². The van der Waals surface area contributed by atoms with E-state index < -0.39 is 18.0 Å². The van der Waals surface area contributed by atoms with E-state index in [0.717, 1.165) is 38.5 Å². The van der Waals surface area contributed by atoms with Gasteiger partial charge in [-0.05, 0) is 142 Å². The molecule has 14 unspecified atom stereocenters. The molecule has 18 atom stereocenters. The highest BCUT2D eigenvalue weighted by atomic mass is 16.8. The van der Waals surface area contributed by atoms with Crippen molar-refractivity contribution in [1.29, 1.82) is 0 Å². The highest BCUT2D eigenvalue weighted by Gasteiger charge is 2.63. The van der Waals surface area contributed by atoms with E-state index in [2.05, 4.69) is 34.6 Å². The van der Waals surface area contributed by atoms with Gasteiger partial charge >= 0.3 is 5.97 Å². The van der Waals surface area contributed by atoms with Crippen LogP contribution < -0.4 is 0 Å². The molecule has 2 heterocycles. The number of rotatable bonds is 6. The van der Waals surface area contributed by atoms with Crippen LogP contribution in [0.25, 0.3) is 0 Å². The Morgan fingerprint density at radius 3 is 2.37 bits per heavy atom. The van der Waals surface area contributed by atoms with Crippen LogP contribution in [0, 0.1) is 75.9 Å². The van der Waals surface area contributed by atoms with Gasteiger partial charge in [0.2, 0.25) is 0 Å². The van der Waals surface area contributed by atoms with Crippen LogP contribution in [0.4, 0.5) is 0 Å². The molecule has 7 rings (SSSR count). The average Bonchev–Trinajstić information content (AvgIpc) is 3.28. The Hall–Kier alpha value is -0.730. The van der Waals surface area contributed by atoms with E-state index in [1.165, 1.54) is 38.5 Å². The van der Waals surface area contributed by atoms with Crippen LogP contribution in [0.1, 0.15) is 131 Å². The Labute approximate surface area is 277 Å². The predicted octanol–water partition coefficient (Wildman–Crippen LogP) is 7.62. The summed E-state index contributed by atoms with van der Waals surface area (Å²) in [5.41, 5.74) is 0.381. The maximum Gasteiger partial charge on any atom is 0.303 e. The van der Waals surface area contributed by atoms with Gasteiger partial charge in [-0.3, -0.25) is 4.79 Å². The zero-order valence-corrected chi connectivity index (χ0v) is 29.5. The Bertz CT molecular complexity index is 1130. The van der Waals surface area contributed by atoms with Crippen molar-refractivity contribution < 1.29 is 34.3 Å². The molecule has 2 saturated heterocycles. The van der Waals surface area contributed by atoms with Crippen molar-refractivity contribution >= 4 is 5.97 Å². The Morgan fingerprint density at radius 2 is 1.61 bits per heavy atom. The fraction of sp³-hybridized carbons (Fsp3) is 0.974. The molecule has 5 aliphatic carbocycles. The lowest BCUT2D eigenvalue weighted by molar-refractivity contribution is -0.377. The summed E-state index contributed by atoms with van der Waals surface area (Å²) in [5, 5.41) is 32.2. The van der Waals surface area contributed by atoms with Gasteiger partial charge in [0, 0.05) is 24.7 Å². The Morgan fingerprint density at radius 1 is 0.870 bits per heavy atom. The van der Waals surface area contributed by atoms with Crippen molar-refractivity contribution in [1.82, 2.24) is 0 Å². The first-order valence-corrected chi connectivity index (χ1v) is 19.3. The molecule has 0 spiro atoms. The number of carboxylic acid groups (broad SMARTS) is 1. The number of aliphatic hydroxyl groups excluding tert-OH is 1. The van der Waals surface area contributed by atoms with Crippen LogP contribution in [0.3, 0.4) is 0 Å². The lowest BCUT2D eigenvalue weighted by Crippen LogP contribution is -2.59. The summed E-state index contributed by atoms with van der Waals surface area (Å²) in [4.78, 5) is 11.3. The second-order valence-electron chi connectivity index (χ2n) is 18.5. The summed E-state index contributed by atoms with van der Waals surface area (Å²) in [6, 6.07) is 0. The van der Waals surface area contributed by atoms with Crippen LogP contribution >= 0.6 is 0 Å². The van der Waals surface area contributed by atoms with Gasteiger partial charge in [0.1, 0.15) is 0 Å². The topological polar surface area (TPSA) is 105 Å². The summed E-state index contributed by atoms with van der Waals surface area (Å²) in [6.07, 6.45) is 12.9. The van der Waals surface area contributed by atoms with Gasteiger partial charge in [-0.25, -0.2) is 0 Å². The summed E-state index contributed by atoms with van der Waals surface area (Å²) in [5.74, 6) is 3.45. The fourth-order valence-corrected chi connectivity index (χ4v) is 13.7. The smallest absolute Gasteiger partial charge is 0.303 e. The molecule has 2 aliphatic heterocycles. The molecule has 5 saturated carbocycles. The summed E-state index contributed by atoms with van der Waals surface area (Å²) in [6.45, 7) is 13.8. The quantitative estimate of drug-likeness (QED) is 0.256. The molecule has 0 aromatic carbocycles. The molecule has 7 aliphatic rings. The lowest BCUT2D eigenvalue weighted by atomic mass is 9.43. The van der Waals surface area contributed by atoms with Gasteiger partial charge < -0.3 is 29.5 Å². The Kier molecular flexibility index (Phi) is 8.99. The highest BCUT2D eigenvalue weighted by Crippen LogP contribution is 2.68. The molecular weight excluding hydrogens is 580 g/mol. The van der Waals surface area contributed by atoms with E-state index >= 15 is 0 Å². The first kappa shape index (κ1) is 33.8. The number of fused-ring (bicyclic) bond motifs is 5. The van der Waals surface area contributed by atoms with E-state index in [9.17, 15) is 20.1 Å². The SMILES string of the molecule is CC1C(O[C@@H]2CCC3(C)C4CCC5(C)C(CCC5[C@H](C)CCC(=O)O)C4C[C@H](O)C3C2)OC2OC(C)(O)CCC3C2C1CC[C@H]3C. The van der Waals surface area contributed by atoms with Gasteiger partial charge in [-0.1, -0.05) is 41.0 Å². The minimum Gasteiger partial charge on any atom is -0.481 e. The third-order valence-corrected chi connectivity index (χ3v) is 16.2. The van der Waals surface area contributed by atoms with Crippen LogP contribution in [0.2, 0.25) is 0 Å². The summed E-state index contributed by atoms with van der Waals surface area (Å²) >= 11 is 0. The third kappa shape index (κ3) is 5.62. The first-order valence-electron chi connectivity index (χ1n) is 19.3. The maximum atomic E-state index is 11.9. The fourth-order valence-electron chi connectivity index (χ4n) is 13.7. The van der Waals surface area contributed by atoms with Crippen LogP contribution in [-0.2, 0) is 19.0 Å². The normalized spacial score (nSPS) is 55.7. The number of carboxylic acids is 1. The predicted molar refractivity (Wildman–Crippen MR) is 175 cm³/mol. The monoisotopic (exact) mass is 644 g/mol. The van der Waals surface area contributed by atoms with Gasteiger partial charge in [0.25, 0.3) is 0 Å². The maximum absolute atomic E-state index is 11.9. The number of carbonyl (C=O) groups is 1. The van der Waals surface area contributed by atoms with Gasteiger partial charge in [0.15, 0.2) is 18.4 Å². The summed E-state index contributed by atoms with van der Waals surface area (Å²) in [7, 11) is 0. The van der Waals surface area contributed by atoms with Crippen molar-refractivity contribution in [2.75, 3.05) is 0 Å². The second kappa shape index (κ2) is 12.2. The third-order valence-electron chi connectivity index (χ3n) is 16.2. The summed E-state index contributed by atoms with van der Waals surface area (Å²) < 4.78 is 19.9. The van der Waals surface area contributed by atoms with Crippen molar-refractivity contribution in [2.45, 2.75) is 162 Å². The molecule has 0 bridgehead atoms. The number of ether oxygens (including phenoxy) is 3. The zero-order chi connectivity index (χ0) is 32.8. The molecule has 3 N–H and O–H groups in total. The lowest BCUT2D eigenvalue weighted by Gasteiger charge is -2.62. The number of hydrogen-bond acceptors (Lipinski definition) is 6. The van der Waals surface area contributed by atoms with Crippen molar-refractivity contribution in [3.8, 4) is 0 Å². The van der Waals surface area contributed by atoms with Crippen molar-refractivity contribution in [3.05, 3.63) is 0 Å². The van der Waals surface area contributed by atoms with Crippen LogP contribution in [0.15, 0.2) is 0 Å². The molecule has 7 heteroatoms. The minimum absolute atomic E-state index is 0.0673. The zero-order valence-electron chi connectivity index (χ0n) is 29.5. The average molecular weight is 645 g/mol. The largest absolute Gasteiger partial charge is 0.481 e. The van der Waals surface area contributed by atoms with Crippen LogP contribution in [-0.4, -0.2) is 51.9 Å². The van der Waals surface area contributed by atoms with E-state index in [1.54, 1.807) is 6.92 Å². The van der Waals surface area contributed by atoms with Gasteiger partial charge in [-0.15, -0.1) is 0 Å². The standard InChI is InChI=1S/C39H64O7/c1-21-7-9-26-23(3)35(45-36-34(26)25(21)14-18-39(6,43)46-36)44-24-13-16-38(5)30-15-17-37(4)28(22(2)8-12-33(41)42)10-11-29(37)27(30)20-32(40)31(38)19-24/h21-32,34-36,40,43H,7-20H2,1-6H3,(H,41,42)/t21-,22-,23?,24-,25?,26?,27?,28?,29?,30?,31?,32+,34?,35?,36?,37?,38?,39?/m1/s1. The van der Waals surface area contributed by atoms with E-state index in [1.807, 2.05) is 0 Å². The molecule has 7 fully saturated rings. The molecule has 0 amide bonds. The van der Waals surface area contributed by atoms with E-state index in [-0.39, 0.29) is 47.6 Å². The highest BCUT2D eigenvalue weighted by molar-refractivity contribution is 5.66. The number of aliphatic carboxylic acids is 1. The Balaban J connectivity index is 1.03. The molecule has 7 nitrogen and oxygen atoms in total. The first-order chi connectivity index (χ1) is 21.7. The number of hydrogen-bond donors (Lipinski definition) is 3. The van der Waals surface area contributed by atoms with Gasteiger partial charge in [0.05, 0.1) is 12.2 Å². The van der Waals surface area contributed by atoms with Crippen molar-refractivity contribution in [2.24, 2.45) is 75.9 Å².